The number of carbonyl (C=O) groups excluding carboxylic acids is 1. The zero-order valence-electron chi connectivity index (χ0n) is 21.0. The molecule has 0 aliphatic carbocycles. The quantitative estimate of drug-likeness (QED) is 0.257. The average molecular weight is 551 g/mol. The van der Waals surface area contributed by atoms with Crippen LogP contribution in [0.15, 0.2) is 102 Å². The lowest BCUT2D eigenvalue weighted by Gasteiger charge is -2.21. The Bertz CT molecular complexity index is 1530. The van der Waals surface area contributed by atoms with Crippen LogP contribution in [0.1, 0.15) is 16.7 Å². The van der Waals surface area contributed by atoms with E-state index >= 15 is 0 Å². The van der Waals surface area contributed by atoms with Gasteiger partial charge < -0.3 is 14.4 Å². The lowest BCUT2D eigenvalue weighted by Crippen LogP contribution is -2.34. The fraction of sp³-hybridized carbons (Fsp3) is 0.107. The van der Waals surface area contributed by atoms with Crippen molar-refractivity contribution in [1.29, 1.82) is 0 Å². The average Bonchev–Trinajstić information content (AvgIpc) is 2.87. The molecule has 0 aliphatic heterocycles. The van der Waals surface area contributed by atoms with Crippen molar-refractivity contribution >= 4 is 34.6 Å². The molecule has 4 aromatic rings. The van der Waals surface area contributed by atoms with Gasteiger partial charge in [-0.15, -0.1) is 0 Å². The molecule has 0 bridgehead atoms. The molecule has 4 rings (SSSR count). The number of benzene rings is 4. The number of rotatable bonds is 8. The zero-order chi connectivity index (χ0) is 27.3. The highest BCUT2D eigenvalue weighted by molar-refractivity contribution is 7.90. The standard InChI is InChI=1S/C28H27N2O6PS/c1-20-7-13-24(14-8-20)35-37(32,36-25-15-9-21(2)10-16-25)26-6-4-5-23(19-26)29-28(31)30-38(33,34)27-17-11-22(3)12-18-27/h4-19H,1-3H3,(H2,29,30,31). The molecule has 0 aromatic heterocycles. The fourth-order valence-corrected chi connectivity index (χ4v) is 5.93. The summed E-state index contributed by atoms with van der Waals surface area (Å²) in [4.78, 5) is 12.5. The third kappa shape index (κ3) is 6.82. The molecular weight excluding hydrogens is 523 g/mol. The van der Waals surface area contributed by atoms with Gasteiger partial charge in [-0.05, 0) is 75.4 Å². The van der Waals surface area contributed by atoms with Crippen LogP contribution in [0.3, 0.4) is 0 Å². The van der Waals surface area contributed by atoms with Crippen molar-refractivity contribution in [1.82, 2.24) is 4.72 Å². The van der Waals surface area contributed by atoms with Crippen LogP contribution in [0.5, 0.6) is 11.5 Å². The summed E-state index contributed by atoms with van der Waals surface area (Å²) in [6.45, 7) is 5.67. The largest absolute Gasteiger partial charge is 0.462 e. The molecule has 10 heteroatoms. The molecule has 196 valence electrons. The van der Waals surface area contributed by atoms with E-state index in [1.54, 1.807) is 48.5 Å². The van der Waals surface area contributed by atoms with Gasteiger partial charge in [0, 0.05) is 5.69 Å². The Hall–Kier alpha value is -4.07. The van der Waals surface area contributed by atoms with E-state index in [1.165, 1.54) is 24.3 Å². The van der Waals surface area contributed by atoms with E-state index in [2.05, 4.69) is 5.32 Å². The number of urea groups is 1. The van der Waals surface area contributed by atoms with Crippen molar-refractivity contribution in [3.05, 3.63) is 114 Å². The minimum absolute atomic E-state index is 0.0468. The van der Waals surface area contributed by atoms with Crippen molar-refractivity contribution in [2.75, 3.05) is 5.32 Å². The number of sulfonamides is 1. The third-order valence-corrected chi connectivity index (χ3v) is 8.63. The van der Waals surface area contributed by atoms with Crippen LogP contribution in [-0.4, -0.2) is 14.4 Å². The minimum atomic E-state index is -4.09. The van der Waals surface area contributed by atoms with E-state index in [-0.39, 0.29) is 15.9 Å². The second-order valence-corrected chi connectivity index (χ2v) is 12.3. The van der Waals surface area contributed by atoms with Crippen LogP contribution in [0, 0.1) is 20.8 Å². The van der Waals surface area contributed by atoms with Crippen molar-refractivity contribution < 1.29 is 26.8 Å². The molecule has 0 spiro atoms. The summed E-state index contributed by atoms with van der Waals surface area (Å²) in [5.41, 5.74) is 3.09. The molecular formula is C28H27N2O6PS. The number of aryl methyl sites for hydroxylation is 3. The molecule has 0 saturated carbocycles. The molecule has 0 saturated heterocycles. The number of hydrogen-bond acceptors (Lipinski definition) is 6. The highest BCUT2D eigenvalue weighted by Crippen LogP contribution is 2.48. The van der Waals surface area contributed by atoms with Crippen LogP contribution < -0.4 is 24.4 Å². The molecule has 38 heavy (non-hydrogen) atoms. The lowest BCUT2D eigenvalue weighted by molar-refractivity contribution is 0.256. The first-order valence-electron chi connectivity index (χ1n) is 11.7. The van der Waals surface area contributed by atoms with Crippen LogP contribution in [0.2, 0.25) is 0 Å². The molecule has 0 atom stereocenters. The Kier molecular flexibility index (Phi) is 7.90. The number of amides is 2. The van der Waals surface area contributed by atoms with Gasteiger partial charge in [0.25, 0.3) is 10.0 Å². The SMILES string of the molecule is Cc1ccc(OP(=O)(Oc2ccc(C)cc2)c2cccc(NC(=O)NS(=O)(=O)c3ccc(C)cc3)c2)cc1. The van der Waals surface area contributed by atoms with Crippen LogP contribution >= 0.6 is 7.60 Å². The number of hydrogen-bond donors (Lipinski definition) is 2. The third-order valence-electron chi connectivity index (χ3n) is 5.47. The zero-order valence-corrected chi connectivity index (χ0v) is 22.8. The van der Waals surface area contributed by atoms with Gasteiger partial charge >= 0.3 is 13.6 Å². The monoisotopic (exact) mass is 550 g/mol. The van der Waals surface area contributed by atoms with Gasteiger partial charge in [0.1, 0.15) is 11.5 Å². The first kappa shape index (κ1) is 27.0. The van der Waals surface area contributed by atoms with Gasteiger partial charge in [-0.25, -0.2) is 22.5 Å². The van der Waals surface area contributed by atoms with Crippen LogP contribution in [-0.2, 0) is 14.6 Å². The van der Waals surface area contributed by atoms with E-state index in [0.29, 0.717) is 11.5 Å². The summed E-state index contributed by atoms with van der Waals surface area (Å²) >= 11 is 0. The molecule has 0 aliphatic rings. The van der Waals surface area contributed by atoms with E-state index < -0.39 is 23.7 Å². The number of carbonyl (C=O) groups is 1. The molecule has 0 unspecified atom stereocenters. The molecule has 0 radical (unpaired) electrons. The van der Waals surface area contributed by atoms with Crippen molar-refractivity contribution in [2.45, 2.75) is 25.7 Å². The number of nitrogens with one attached hydrogen (secondary N) is 2. The predicted octanol–water partition coefficient (Wildman–Crippen LogP) is 6.10. The molecule has 4 aromatic carbocycles. The number of anilines is 1. The molecule has 2 N–H and O–H groups in total. The van der Waals surface area contributed by atoms with Gasteiger partial charge in [0.2, 0.25) is 0 Å². The second kappa shape index (κ2) is 11.1. The lowest BCUT2D eigenvalue weighted by atomic mass is 10.2. The molecule has 0 fully saturated rings. The van der Waals surface area contributed by atoms with E-state index in [1.807, 2.05) is 49.8 Å². The van der Waals surface area contributed by atoms with Gasteiger partial charge in [-0.3, -0.25) is 0 Å². The molecule has 2 amide bonds. The Morgan fingerprint density at radius 3 is 1.68 bits per heavy atom. The Labute approximate surface area is 222 Å². The topological polar surface area (TPSA) is 111 Å². The molecule has 0 heterocycles. The van der Waals surface area contributed by atoms with E-state index in [0.717, 1.165) is 16.7 Å². The fourth-order valence-electron chi connectivity index (χ4n) is 3.41. The molecule has 8 nitrogen and oxygen atoms in total. The predicted molar refractivity (Wildman–Crippen MR) is 148 cm³/mol. The highest BCUT2D eigenvalue weighted by atomic mass is 32.2. The summed E-state index contributed by atoms with van der Waals surface area (Å²) in [6, 6.07) is 25.2. The van der Waals surface area contributed by atoms with Crippen LogP contribution in [0.4, 0.5) is 10.5 Å². The van der Waals surface area contributed by atoms with Gasteiger partial charge in [0.05, 0.1) is 10.2 Å². The van der Waals surface area contributed by atoms with Gasteiger partial charge in [-0.2, -0.15) is 0 Å². The van der Waals surface area contributed by atoms with Crippen LogP contribution in [0.25, 0.3) is 0 Å². The van der Waals surface area contributed by atoms with Crippen molar-refractivity contribution in [3.63, 3.8) is 0 Å². The van der Waals surface area contributed by atoms with Gasteiger partial charge in [0.15, 0.2) is 0 Å². The Morgan fingerprint density at radius 2 is 1.18 bits per heavy atom. The minimum Gasteiger partial charge on any atom is -0.413 e. The maximum Gasteiger partial charge on any atom is 0.462 e. The second-order valence-electron chi connectivity index (χ2n) is 8.73. The Balaban J connectivity index is 1.59. The maximum absolute atomic E-state index is 14.1. The summed E-state index contributed by atoms with van der Waals surface area (Å²) in [5, 5.41) is 2.64. The van der Waals surface area contributed by atoms with E-state index in [4.69, 9.17) is 9.05 Å². The summed E-state index contributed by atoms with van der Waals surface area (Å²) in [7, 11) is -8.09. The van der Waals surface area contributed by atoms with Gasteiger partial charge in [-0.1, -0.05) is 59.2 Å². The maximum atomic E-state index is 14.1. The first-order chi connectivity index (χ1) is 18.0. The first-order valence-corrected chi connectivity index (χ1v) is 14.7. The normalized spacial score (nSPS) is 11.4. The highest BCUT2D eigenvalue weighted by Gasteiger charge is 2.32. The summed E-state index contributed by atoms with van der Waals surface area (Å²) in [6.07, 6.45) is 0. The Morgan fingerprint density at radius 1 is 0.711 bits per heavy atom. The van der Waals surface area contributed by atoms with Crippen molar-refractivity contribution in [2.24, 2.45) is 0 Å². The van der Waals surface area contributed by atoms with E-state index in [9.17, 15) is 17.8 Å². The van der Waals surface area contributed by atoms with Crippen molar-refractivity contribution in [3.8, 4) is 11.5 Å². The summed E-state index contributed by atoms with van der Waals surface area (Å²) in [5.74, 6) is 0.678. The smallest absolute Gasteiger partial charge is 0.413 e. The summed E-state index contributed by atoms with van der Waals surface area (Å²) < 4.78 is 53.0.